The van der Waals surface area contributed by atoms with Crippen LogP contribution in [0.5, 0.6) is 0 Å². The Bertz CT molecular complexity index is 369. The van der Waals surface area contributed by atoms with Crippen molar-refractivity contribution in [2.24, 2.45) is 0 Å². The molecule has 0 radical (unpaired) electrons. The third-order valence-electron chi connectivity index (χ3n) is 2.23. The van der Waals surface area contributed by atoms with Gasteiger partial charge in [-0.2, -0.15) is 17.0 Å². The van der Waals surface area contributed by atoms with Crippen LogP contribution in [0.25, 0.3) is 0 Å². The monoisotopic (exact) mass is 233 g/mol. The maximum absolute atomic E-state index is 11.9. The van der Waals surface area contributed by atoms with Crippen molar-refractivity contribution in [3.05, 3.63) is 35.9 Å². The Morgan fingerprint density at radius 3 is 2.75 bits per heavy atom. The van der Waals surface area contributed by atoms with Crippen molar-refractivity contribution in [1.82, 2.24) is 0 Å². The molecule has 0 aliphatic carbocycles. The van der Waals surface area contributed by atoms with Gasteiger partial charge in [-0.3, -0.25) is 4.79 Å². The topological polar surface area (TPSA) is 40.9 Å². The Labute approximate surface area is 101 Å². The second-order valence-corrected chi connectivity index (χ2v) is 4.95. The maximum atomic E-state index is 11.9. The number of thioether (sulfide) groups is 1. The molecule has 0 N–H and O–H groups in total. The molecule has 3 heteroatoms. The molecule has 0 aliphatic heterocycles. The van der Waals surface area contributed by atoms with Crippen molar-refractivity contribution in [3.8, 4) is 6.07 Å². The summed E-state index contributed by atoms with van der Waals surface area (Å²) in [5.41, 5.74) is 0.766. The third kappa shape index (κ3) is 4.08. The number of carbonyl (C=O) groups excluding carboxylic acids is 1. The summed E-state index contributed by atoms with van der Waals surface area (Å²) in [6.45, 7) is 1.92. The first-order valence-corrected chi connectivity index (χ1v) is 6.38. The van der Waals surface area contributed by atoms with Crippen LogP contribution < -0.4 is 0 Å². The fraction of sp³-hybridized carbons (Fsp3) is 0.385. The lowest BCUT2D eigenvalue weighted by Crippen LogP contribution is -2.13. The smallest absolute Gasteiger partial charge is 0.175 e. The van der Waals surface area contributed by atoms with E-state index in [9.17, 15) is 4.79 Å². The first-order valence-electron chi connectivity index (χ1n) is 5.33. The zero-order chi connectivity index (χ0) is 11.8. The van der Waals surface area contributed by atoms with E-state index in [0.717, 1.165) is 17.7 Å². The molecule has 0 aliphatic rings. The molecule has 0 saturated carbocycles. The van der Waals surface area contributed by atoms with Crippen molar-refractivity contribution in [1.29, 1.82) is 5.26 Å². The molecule has 0 amide bonds. The van der Waals surface area contributed by atoms with Gasteiger partial charge in [-0.25, -0.2) is 0 Å². The number of carbonyl (C=O) groups is 1. The lowest BCUT2D eigenvalue weighted by molar-refractivity contribution is 0.0994. The van der Waals surface area contributed by atoms with Gasteiger partial charge in [0.2, 0.25) is 0 Å². The average Bonchev–Trinajstić information content (AvgIpc) is 2.34. The number of ketones is 1. The number of benzene rings is 1. The average molecular weight is 233 g/mol. The summed E-state index contributed by atoms with van der Waals surface area (Å²) in [5, 5.41) is 8.37. The predicted octanol–water partition coefficient (Wildman–Crippen LogP) is 3.29. The molecular weight excluding hydrogens is 218 g/mol. The maximum Gasteiger partial charge on any atom is 0.175 e. The Hall–Kier alpha value is -1.27. The lowest BCUT2D eigenvalue weighted by Gasteiger charge is -2.09. The first kappa shape index (κ1) is 12.8. The van der Waals surface area contributed by atoms with Gasteiger partial charge < -0.3 is 0 Å². The number of rotatable bonds is 6. The first-order chi connectivity index (χ1) is 7.75. The number of hydrogen-bond acceptors (Lipinski definition) is 3. The molecule has 0 bridgehead atoms. The van der Waals surface area contributed by atoms with Crippen LogP contribution in [0.1, 0.15) is 30.1 Å². The zero-order valence-corrected chi connectivity index (χ0v) is 10.2. The van der Waals surface area contributed by atoms with E-state index >= 15 is 0 Å². The molecule has 0 saturated heterocycles. The van der Waals surface area contributed by atoms with Crippen LogP contribution in [-0.2, 0) is 0 Å². The van der Waals surface area contributed by atoms with Gasteiger partial charge >= 0.3 is 0 Å². The summed E-state index contributed by atoms with van der Waals surface area (Å²) in [7, 11) is 0. The molecule has 0 fully saturated rings. The summed E-state index contributed by atoms with van der Waals surface area (Å²) in [6, 6.07) is 11.4. The molecule has 1 aromatic rings. The predicted molar refractivity (Wildman–Crippen MR) is 67.5 cm³/mol. The van der Waals surface area contributed by atoms with E-state index in [1.807, 2.05) is 37.3 Å². The van der Waals surface area contributed by atoms with E-state index in [1.54, 1.807) is 11.8 Å². The highest BCUT2D eigenvalue weighted by molar-refractivity contribution is 8.00. The molecule has 1 unspecified atom stereocenters. The van der Waals surface area contributed by atoms with Crippen LogP contribution in [0.4, 0.5) is 0 Å². The number of Topliss-reactive ketones (excluding diaryl/α,β-unsaturated/α-hetero) is 1. The van der Waals surface area contributed by atoms with Crippen molar-refractivity contribution in [2.75, 3.05) is 5.75 Å². The van der Waals surface area contributed by atoms with E-state index in [0.29, 0.717) is 6.42 Å². The molecule has 1 aromatic carbocycles. The van der Waals surface area contributed by atoms with Gasteiger partial charge in [0, 0.05) is 12.0 Å². The van der Waals surface area contributed by atoms with Gasteiger partial charge in [0.15, 0.2) is 5.78 Å². The van der Waals surface area contributed by atoms with Gasteiger partial charge in [-0.05, 0) is 19.1 Å². The van der Waals surface area contributed by atoms with E-state index in [2.05, 4.69) is 6.07 Å². The van der Waals surface area contributed by atoms with Crippen molar-refractivity contribution < 1.29 is 4.79 Å². The van der Waals surface area contributed by atoms with Gasteiger partial charge in [0.05, 0.1) is 11.3 Å². The number of nitrogens with zero attached hydrogens (tertiary/aromatic N) is 1. The second kappa shape index (κ2) is 7.08. The van der Waals surface area contributed by atoms with Crippen molar-refractivity contribution in [3.63, 3.8) is 0 Å². The van der Waals surface area contributed by atoms with Gasteiger partial charge in [-0.15, -0.1) is 0 Å². The van der Waals surface area contributed by atoms with E-state index in [1.165, 1.54) is 0 Å². The summed E-state index contributed by atoms with van der Waals surface area (Å²) < 4.78 is 0. The lowest BCUT2D eigenvalue weighted by atomic mass is 10.1. The van der Waals surface area contributed by atoms with Crippen molar-refractivity contribution >= 4 is 17.5 Å². The minimum atomic E-state index is -0.0268. The van der Waals surface area contributed by atoms with E-state index < -0.39 is 0 Å². The number of nitriles is 1. The fourth-order valence-electron chi connectivity index (χ4n) is 1.32. The van der Waals surface area contributed by atoms with Crippen LogP contribution in [0, 0.1) is 11.3 Å². The number of unbranched alkanes of at least 4 members (excludes halogenated alkanes) is 1. The Kier molecular flexibility index (Phi) is 5.66. The third-order valence-corrected chi connectivity index (χ3v) is 3.47. The second-order valence-electron chi connectivity index (χ2n) is 3.50. The molecule has 1 rings (SSSR count). The summed E-state index contributed by atoms with van der Waals surface area (Å²) in [4.78, 5) is 11.9. The van der Waals surface area contributed by atoms with Gasteiger partial charge in [-0.1, -0.05) is 30.3 Å². The highest BCUT2D eigenvalue weighted by atomic mass is 32.2. The molecule has 0 heterocycles. The Morgan fingerprint density at radius 2 is 2.12 bits per heavy atom. The molecule has 2 nitrogen and oxygen atoms in total. The fourth-order valence-corrected chi connectivity index (χ4v) is 2.28. The van der Waals surface area contributed by atoms with Gasteiger partial charge in [0.1, 0.15) is 0 Å². The Morgan fingerprint density at radius 1 is 1.44 bits per heavy atom. The SMILES string of the molecule is CC(SCCCC#N)C(=O)c1ccccc1. The van der Waals surface area contributed by atoms with E-state index in [4.69, 9.17) is 5.26 Å². The molecule has 1 atom stereocenters. The molecule has 16 heavy (non-hydrogen) atoms. The van der Waals surface area contributed by atoms with E-state index in [-0.39, 0.29) is 11.0 Å². The minimum absolute atomic E-state index is 0.0268. The normalized spacial score (nSPS) is 11.8. The summed E-state index contributed by atoms with van der Waals surface area (Å²) >= 11 is 1.62. The highest BCUT2D eigenvalue weighted by Crippen LogP contribution is 2.17. The summed E-state index contributed by atoms with van der Waals surface area (Å²) in [6.07, 6.45) is 1.42. The summed E-state index contributed by atoms with van der Waals surface area (Å²) in [5.74, 6) is 1.04. The standard InChI is InChI=1S/C13H15NOS/c1-11(16-10-6-5-9-14)13(15)12-7-3-2-4-8-12/h2-4,7-8,11H,5-6,10H2,1H3. The highest BCUT2D eigenvalue weighted by Gasteiger charge is 2.14. The van der Waals surface area contributed by atoms with Gasteiger partial charge in [0.25, 0.3) is 0 Å². The molecule has 0 aromatic heterocycles. The van der Waals surface area contributed by atoms with Crippen LogP contribution in [0.15, 0.2) is 30.3 Å². The molecule has 0 spiro atoms. The Balaban J connectivity index is 2.40. The van der Waals surface area contributed by atoms with Crippen LogP contribution >= 0.6 is 11.8 Å². The molecule has 84 valence electrons. The quantitative estimate of drug-likeness (QED) is 0.559. The molecular formula is C13H15NOS. The largest absolute Gasteiger partial charge is 0.293 e. The van der Waals surface area contributed by atoms with Crippen LogP contribution in [0.3, 0.4) is 0 Å². The zero-order valence-electron chi connectivity index (χ0n) is 9.35. The van der Waals surface area contributed by atoms with Crippen LogP contribution in [-0.4, -0.2) is 16.8 Å². The van der Waals surface area contributed by atoms with Crippen molar-refractivity contribution in [2.45, 2.75) is 25.0 Å². The number of hydrogen-bond donors (Lipinski definition) is 0. The minimum Gasteiger partial charge on any atom is -0.293 e. The van der Waals surface area contributed by atoms with Crippen LogP contribution in [0.2, 0.25) is 0 Å².